The van der Waals surface area contributed by atoms with E-state index in [4.69, 9.17) is 4.74 Å². The molecule has 0 radical (unpaired) electrons. The van der Waals surface area contributed by atoms with Gasteiger partial charge in [0.15, 0.2) is 11.6 Å². The minimum atomic E-state index is -0.528. The maximum Gasteiger partial charge on any atom is 0.204 e. The van der Waals surface area contributed by atoms with Gasteiger partial charge in [0.25, 0.3) is 0 Å². The summed E-state index contributed by atoms with van der Waals surface area (Å²) in [6.45, 7) is 8.24. The van der Waals surface area contributed by atoms with Gasteiger partial charge < -0.3 is 20.5 Å². The van der Waals surface area contributed by atoms with E-state index in [-0.39, 0.29) is 0 Å². The van der Waals surface area contributed by atoms with E-state index < -0.39 is 11.6 Å². The first-order valence-corrected chi connectivity index (χ1v) is 6.01. The molecule has 1 aromatic rings. The van der Waals surface area contributed by atoms with E-state index in [1.54, 1.807) is 14.0 Å². The molecule has 6 heteroatoms. The largest absolute Gasteiger partial charge is 0.490 e. The van der Waals surface area contributed by atoms with Gasteiger partial charge in [-0.2, -0.15) is 0 Å². The van der Waals surface area contributed by atoms with Crippen LogP contribution in [0.25, 0.3) is 0 Å². The van der Waals surface area contributed by atoms with Crippen LogP contribution in [0, 0.1) is 0 Å². The molecule has 1 unspecified atom stereocenters. The molecule has 1 heterocycles. The number of aromatic nitrogens is 2. The SMILES string of the molecule is CCNc1ncnc(NC(C)(C)C(C)O)c1OC. The standard InChI is InChI=1S/C12H22N4O2/c1-6-13-10-9(18-5)11(15-7-14-10)16-12(3,4)8(2)17/h7-8,17H,6H2,1-5H3,(H2,13,14,15,16). The number of nitrogens with one attached hydrogen (secondary N) is 2. The molecule has 0 fully saturated rings. The van der Waals surface area contributed by atoms with E-state index in [0.29, 0.717) is 17.4 Å². The van der Waals surface area contributed by atoms with Gasteiger partial charge in [-0.15, -0.1) is 0 Å². The van der Waals surface area contributed by atoms with Crippen molar-refractivity contribution in [1.82, 2.24) is 9.97 Å². The molecule has 0 saturated heterocycles. The fourth-order valence-corrected chi connectivity index (χ4v) is 1.36. The Balaban J connectivity index is 3.05. The van der Waals surface area contributed by atoms with Gasteiger partial charge in [0.2, 0.25) is 5.75 Å². The Morgan fingerprint density at radius 3 is 2.50 bits per heavy atom. The van der Waals surface area contributed by atoms with Crippen LogP contribution in [0.1, 0.15) is 27.7 Å². The monoisotopic (exact) mass is 254 g/mol. The highest BCUT2D eigenvalue weighted by atomic mass is 16.5. The van der Waals surface area contributed by atoms with Gasteiger partial charge in [0.1, 0.15) is 6.33 Å². The summed E-state index contributed by atoms with van der Waals surface area (Å²) in [4.78, 5) is 8.29. The molecular weight excluding hydrogens is 232 g/mol. The second-order valence-corrected chi connectivity index (χ2v) is 4.66. The number of methoxy groups -OCH3 is 1. The van der Waals surface area contributed by atoms with Crippen molar-refractivity contribution in [3.8, 4) is 5.75 Å². The van der Waals surface area contributed by atoms with Gasteiger partial charge in [-0.1, -0.05) is 0 Å². The van der Waals surface area contributed by atoms with Crippen molar-refractivity contribution in [3.05, 3.63) is 6.33 Å². The van der Waals surface area contributed by atoms with E-state index >= 15 is 0 Å². The van der Waals surface area contributed by atoms with Crippen molar-refractivity contribution in [1.29, 1.82) is 0 Å². The lowest BCUT2D eigenvalue weighted by Gasteiger charge is -2.30. The van der Waals surface area contributed by atoms with Crippen molar-refractivity contribution < 1.29 is 9.84 Å². The zero-order valence-corrected chi connectivity index (χ0v) is 11.6. The molecule has 0 bridgehead atoms. The maximum atomic E-state index is 9.72. The van der Waals surface area contributed by atoms with Crippen LogP contribution in [0.5, 0.6) is 5.75 Å². The summed E-state index contributed by atoms with van der Waals surface area (Å²) < 4.78 is 5.32. The minimum Gasteiger partial charge on any atom is -0.490 e. The lowest BCUT2D eigenvalue weighted by atomic mass is 9.99. The van der Waals surface area contributed by atoms with E-state index in [1.165, 1.54) is 6.33 Å². The third-order valence-corrected chi connectivity index (χ3v) is 2.84. The van der Waals surface area contributed by atoms with Gasteiger partial charge in [0, 0.05) is 6.54 Å². The maximum absolute atomic E-state index is 9.72. The molecule has 0 saturated carbocycles. The highest BCUT2D eigenvalue weighted by molar-refractivity contribution is 5.64. The molecule has 102 valence electrons. The molecule has 1 rings (SSSR count). The summed E-state index contributed by atoms with van der Waals surface area (Å²) in [5, 5.41) is 16.0. The number of aliphatic hydroxyl groups excluding tert-OH is 1. The van der Waals surface area contributed by atoms with Gasteiger partial charge in [-0.3, -0.25) is 0 Å². The molecule has 0 aromatic carbocycles. The van der Waals surface area contributed by atoms with E-state index in [2.05, 4.69) is 20.6 Å². The second-order valence-electron chi connectivity index (χ2n) is 4.66. The quantitative estimate of drug-likeness (QED) is 0.713. The van der Waals surface area contributed by atoms with Crippen LogP contribution in [0.4, 0.5) is 11.6 Å². The molecule has 1 aromatic heterocycles. The van der Waals surface area contributed by atoms with Gasteiger partial charge in [-0.05, 0) is 27.7 Å². The fourth-order valence-electron chi connectivity index (χ4n) is 1.36. The van der Waals surface area contributed by atoms with Crippen LogP contribution in [0.3, 0.4) is 0 Å². The van der Waals surface area contributed by atoms with Gasteiger partial charge in [-0.25, -0.2) is 9.97 Å². The summed E-state index contributed by atoms with van der Waals surface area (Å²) in [6.07, 6.45) is 0.931. The summed E-state index contributed by atoms with van der Waals surface area (Å²) in [6, 6.07) is 0. The normalized spacial score (nSPS) is 13.0. The van der Waals surface area contributed by atoms with Crippen LogP contribution >= 0.6 is 0 Å². The van der Waals surface area contributed by atoms with Crippen LogP contribution in [0.15, 0.2) is 6.33 Å². The highest BCUT2D eigenvalue weighted by Gasteiger charge is 2.26. The molecular formula is C12H22N4O2. The third-order valence-electron chi connectivity index (χ3n) is 2.84. The molecule has 1 atom stereocenters. The Hall–Kier alpha value is -1.56. The van der Waals surface area contributed by atoms with Gasteiger partial charge in [0.05, 0.1) is 18.8 Å². The van der Waals surface area contributed by atoms with Crippen LogP contribution in [-0.4, -0.2) is 40.4 Å². The average molecular weight is 254 g/mol. The lowest BCUT2D eigenvalue weighted by molar-refractivity contribution is 0.132. The number of ether oxygens (including phenoxy) is 1. The number of anilines is 2. The number of nitrogens with zero attached hydrogens (tertiary/aromatic N) is 2. The minimum absolute atomic E-state index is 0.509. The zero-order valence-electron chi connectivity index (χ0n) is 11.6. The molecule has 0 aliphatic heterocycles. The van der Waals surface area contributed by atoms with E-state index in [1.807, 2.05) is 20.8 Å². The molecule has 18 heavy (non-hydrogen) atoms. The number of aliphatic hydroxyl groups is 1. The van der Waals surface area contributed by atoms with Crippen LogP contribution in [0.2, 0.25) is 0 Å². The van der Waals surface area contributed by atoms with Crippen molar-refractivity contribution in [2.45, 2.75) is 39.3 Å². The first-order chi connectivity index (χ1) is 8.42. The molecule has 0 aliphatic rings. The molecule has 0 amide bonds. The molecule has 0 spiro atoms. The summed E-state index contributed by atoms with van der Waals surface area (Å²) in [5.41, 5.74) is -0.509. The second kappa shape index (κ2) is 5.86. The first kappa shape index (κ1) is 14.5. The van der Waals surface area contributed by atoms with Crippen molar-refractivity contribution >= 4 is 11.6 Å². The Kier molecular flexibility index (Phi) is 4.72. The molecule has 0 aliphatic carbocycles. The van der Waals surface area contributed by atoms with Crippen LogP contribution < -0.4 is 15.4 Å². The first-order valence-electron chi connectivity index (χ1n) is 6.01. The Labute approximate surface area is 108 Å². The Morgan fingerprint density at radius 2 is 2.00 bits per heavy atom. The third kappa shape index (κ3) is 3.22. The summed E-state index contributed by atoms with van der Waals surface area (Å²) in [7, 11) is 1.57. The summed E-state index contributed by atoms with van der Waals surface area (Å²) >= 11 is 0. The van der Waals surface area contributed by atoms with Crippen molar-refractivity contribution in [3.63, 3.8) is 0 Å². The topological polar surface area (TPSA) is 79.3 Å². The van der Waals surface area contributed by atoms with Gasteiger partial charge >= 0.3 is 0 Å². The average Bonchev–Trinajstić information content (AvgIpc) is 2.29. The predicted molar refractivity (Wildman–Crippen MR) is 72.1 cm³/mol. The number of hydrogen-bond donors (Lipinski definition) is 3. The van der Waals surface area contributed by atoms with E-state index in [9.17, 15) is 5.11 Å². The molecule has 3 N–H and O–H groups in total. The summed E-state index contributed by atoms with van der Waals surface area (Å²) in [5.74, 6) is 1.75. The number of hydrogen-bond acceptors (Lipinski definition) is 6. The number of rotatable bonds is 6. The van der Waals surface area contributed by atoms with E-state index in [0.717, 1.165) is 6.54 Å². The van der Waals surface area contributed by atoms with Crippen molar-refractivity contribution in [2.24, 2.45) is 0 Å². The van der Waals surface area contributed by atoms with Crippen LogP contribution in [-0.2, 0) is 0 Å². The van der Waals surface area contributed by atoms with Crippen molar-refractivity contribution in [2.75, 3.05) is 24.3 Å². The lowest BCUT2D eigenvalue weighted by Crippen LogP contribution is -2.42. The Bertz CT molecular complexity index is 394. The smallest absolute Gasteiger partial charge is 0.204 e. The predicted octanol–water partition coefficient (Wildman–Crippen LogP) is 1.49. The molecule has 6 nitrogen and oxygen atoms in total. The fraction of sp³-hybridized carbons (Fsp3) is 0.667. The zero-order chi connectivity index (χ0) is 13.8. The highest BCUT2D eigenvalue weighted by Crippen LogP contribution is 2.31. The Morgan fingerprint density at radius 1 is 1.39 bits per heavy atom.